The predicted molar refractivity (Wildman–Crippen MR) is 84.9 cm³/mol. The van der Waals surface area contributed by atoms with Crippen LogP contribution in [0.5, 0.6) is 0 Å². The summed E-state index contributed by atoms with van der Waals surface area (Å²) < 4.78 is 0. The third-order valence-electron chi connectivity index (χ3n) is 3.24. The van der Waals surface area contributed by atoms with Gasteiger partial charge >= 0.3 is 0 Å². The third kappa shape index (κ3) is 2.86. The predicted octanol–water partition coefficient (Wildman–Crippen LogP) is 3.66. The molecule has 1 unspecified atom stereocenters. The van der Waals surface area contributed by atoms with Gasteiger partial charge in [0.15, 0.2) is 5.16 Å². The second-order valence-corrected chi connectivity index (χ2v) is 5.90. The molecule has 3 nitrogen and oxygen atoms in total. The first kappa shape index (κ1) is 13.2. The zero-order valence-corrected chi connectivity index (χ0v) is 12.2. The number of hydrogen-bond acceptors (Lipinski definition) is 3. The number of rotatable bonds is 4. The van der Waals surface area contributed by atoms with Gasteiger partial charge in [0.25, 0.3) is 0 Å². The van der Waals surface area contributed by atoms with Gasteiger partial charge < -0.3 is 10.7 Å². The van der Waals surface area contributed by atoms with Crippen molar-refractivity contribution in [2.75, 3.05) is 5.75 Å². The van der Waals surface area contributed by atoms with Crippen LogP contribution in [0.4, 0.5) is 0 Å². The van der Waals surface area contributed by atoms with E-state index in [4.69, 9.17) is 5.73 Å². The zero-order valence-electron chi connectivity index (χ0n) is 11.3. The summed E-state index contributed by atoms with van der Waals surface area (Å²) >= 11 is 1.66. The van der Waals surface area contributed by atoms with Gasteiger partial charge in [-0.3, -0.25) is 0 Å². The van der Waals surface area contributed by atoms with Crippen molar-refractivity contribution in [3.05, 3.63) is 59.7 Å². The van der Waals surface area contributed by atoms with E-state index in [1.54, 1.807) is 11.8 Å². The normalized spacial score (nSPS) is 12.7. The lowest BCUT2D eigenvalue weighted by atomic mass is 10.1. The molecule has 0 fully saturated rings. The van der Waals surface area contributed by atoms with Crippen molar-refractivity contribution >= 4 is 22.8 Å². The van der Waals surface area contributed by atoms with E-state index in [0.29, 0.717) is 0 Å². The van der Waals surface area contributed by atoms with Crippen molar-refractivity contribution < 1.29 is 0 Å². The van der Waals surface area contributed by atoms with Crippen molar-refractivity contribution in [3.8, 4) is 0 Å². The molecule has 1 atom stereocenters. The van der Waals surface area contributed by atoms with Gasteiger partial charge in [0.2, 0.25) is 0 Å². The molecule has 0 aliphatic heterocycles. The van der Waals surface area contributed by atoms with Crippen LogP contribution in [0.15, 0.2) is 53.7 Å². The Kier molecular flexibility index (Phi) is 3.76. The first-order chi connectivity index (χ1) is 9.72. The van der Waals surface area contributed by atoms with E-state index in [9.17, 15) is 0 Å². The van der Waals surface area contributed by atoms with Gasteiger partial charge in [-0.15, -0.1) is 0 Å². The molecule has 3 rings (SSSR count). The van der Waals surface area contributed by atoms with Crippen molar-refractivity contribution in [1.82, 2.24) is 9.97 Å². The molecule has 3 N–H and O–H groups in total. The number of H-pyrrole nitrogens is 1. The molecular weight excluding hydrogens is 266 g/mol. The summed E-state index contributed by atoms with van der Waals surface area (Å²) in [6.07, 6.45) is 0. The summed E-state index contributed by atoms with van der Waals surface area (Å²) in [5, 5.41) is 0.928. The maximum atomic E-state index is 6.20. The van der Waals surface area contributed by atoms with E-state index in [-0.39, 0.29) is 6.04 Å². The molecule has 0 amide bonds. The maximum absolute atomic E-state index is 6.20. The number of nitrogens with one attached hydrogen (secondary N) is 1. The number of aryl methyl sites for hydroxylation is 1. The van der Waals surface area contributed by atoms with Gasteiger partial charge in [-0.25, -0.2) is 4.98 Å². The van der Waals surface area contributed by atoms with Gasteiger partial charge in [0.05, 0.1) is 11.0 Å². The lowest BCUT2D eigenvalue weighted by molar-refractivity contribution is 0.829. The van der Waals surface area contributed by atoms with Crippen molar-refractivity contribution in [2.24, 2.45) is 5.73 Å². The average molecular weight is 283 g/mol. The number of nitrogens with two attached hydrogens (primary N) is 1. The highest BCUT2D eigenvalue weighted by molar-refractivity contribution is 7.99. The van der Waals surface area contributed by atoms with E-state index < -0.39 is 0 Å². The molecule has 0 aliphatic rings. The number of aromatic nitrogens is 2. The molecule has 0 radical (unpaired) electrons. The van der Waals surface area contributed by atoms with Crippen LogP contribution in [0.25, 0.3) is 11.0 Å². The number of aromatic amines is 1. The Morgan fingerprint density at radius 2 is 2.00 bits per heavy atom. The van der Waals surface area contributed by atoms with Crippen LogP contribution in [-0.2, 0) is 0 Å². The summed E-state index contributed by atoms with van der Waals surface area (Å²) in [6.45, 7) is 2.08. The highest BCUT2D eigenvalue weighted by atomic mass is 32.2. The van der Waals surface area contributed by atoms with Crippen LogP contribution in [0.3, 0.4) is 0 Å². The second kappa shape index (κ2) is 5.69. The van der Waals surface area contributed by atoms with Gasteiger partial charge in [-0.05, 0) is 30.2 Å². The van der Waals surface area contributed by atoms with Crippen molar-refractivity contribution in [3.63, 3.8) is 0 Å². The molecule has 1 heterocycles. The highest BCUT2D eigenvalue weighted by Crippen LogP contribution is 2.24. The van der Waals surface area contributed by atoms with E-state index in [0.717, 1.165) is 27.5 Å². The molecule has 102 valence electrons. The van der Waals surface area contributed by atoms with Crippen LogP contribution >= 0.6 is 11.8 Å². The summed E-state index contributed by atoms with van der Waals surface area (Å²) in [6, 6.07) is 16.4. The minimum atomic E-state index is 0.0242. The minimum Gasteiger partial charge on any atom is -0.333 e. The molecule has 0 spiro atoms. The largest absolute Gasteiger partial charge is 0.333 e. The monoisotopic (exact) mass is 283 g/mol. The highest BCUT2D eigenvalue weighted by Gasteiger charge is 2.08. The van der Waals surface area contributed by atoms with E-state index in [1.165, 1.54) is 5.56 Å². The molecule has 3 aromatic rings. The lowest BCUT2D eigenvalue weighted by Crippen LogP contribution is -2.12. The van der Waals surface area contributed by atoms with Crippen LogP contribution in [0, 0.1) is 6.92 Å². The number of imidazole rings is 1. The summed E-state index contributed by atoms with van der Waals surface area (Å²) in [5.41, 5.74) is 10.7. The standard InChI is InChI=1S/C16H17N3S/c1-11-7-8-14-15(9-11)19-16(18-14)20-10-13(17)12-5-3-2-4-6-12/h2-9,13H,10,17H2,1H3,(H,18,19). The Bertz CT molecular complexity index is 706. The number of benzene rings is 2. The van der Waals surface area contributed by atoms with E-state index in [2.05, 4.69) is 41.2 Å². The minimum absolute atomic E-state index is 0.0242. The topological polar surface area (TPSA) is 54.7 Å². The Morgan fingerprint density at radius 1 is 1.20 bits per heavy atom. The smallest absolute Gasteiger partial charge is 0.166 e. The maximum Gasteiger partial charge on any atom is 0.166 e. The van der Waals surface area contributed by atoms with Crippen molar-refractivity contribution in [2.45, 2.75) is 18.1 Å². The molecule has 20 heavy (non-hydrogen) atoms. The van der Waals surface area contributed by atoms with Crippen molar-refractivity contribution in [1.29, 1.82) is 0 Å². The first-order valence-corrected chi connectivity index (χ1v) is 7.60. The molecule has 4 heteroatoms. The third-order valence-corrected chi connectivity index (χ3v) is 4.24. The molecule has 2 aromatic carbocycles. The molecule has 1 aromatic heterocycles. The Hall–Kier alpha value is -1.78. The fraction of sp³-hybridized carbons (Fsp3) is 0.188. The number of thioether (sulfide) groups is 1. The van der Waals surface area contributed by atoms with Gasteiger partial charge in [0.1, 0.15) is 0 Å². The van der Waals surface area contributed by atoms with E-state index in [1.807, 2.05) is 24.3 Å². The Morgan fingerprint density at radius 3 is 2.80 bits per heavy atom. The van der Waals surface area contributed by atoms with Gasteiger partial charge in [-0.1, -0.05) is 48.2 Å². The molecule has 0 saturated heterocycles. The Labute approximate surface area is 122 Å². The Balaban J connectivity index is 1.71. The van der Waals surface area contributed by atoms with E-state index >= 15 is 0 Å². The van der Waals surface area contributed by atoms with Gasteiger partial charge in [0, 0.05) is 11.8 Å². The number of nitrogens with zero attached hydrogens (tertiary/aromatic N) is 1. The van der Waals surface area contributed by atoms with Crippen LogP contribution in [0.1, 0.15) is 17.2 Å². The summed E-state index contributed by atoms with van der Waals surface area (Å²) in [7, 11) is 0. The quantitative estimate of drug-likeness (QED) is 0.718. The van der Waals surface area contributed by atoms with Crippen LogP contribution in [-0.4, -0.2) is 15.7 Å². The molecular formula is C16H17N3S. The number of fused-ring (bicyclic) bond motifs is 1. The van der Waals surface area contributed by atoms with Crippen LogP contribution < -0.4 is 5.73 Å². The summed E-state index contributed by atoms with van der Waals surface area (Å²) in [5.74, 6) is 0.808. The molecule has 0 bridgehead atoms. The zero-order chi connectivity index (χ0) is 13.9. The number of hydrogen-bond donors (Lipinski definition) is 2. The SMILES string of the molecule is Cc1ccc2nc(SCC(N)c3ccccc3)[nH]c2c1. The van der Waals surface area contributed by atoms with Gasteiger partial charge in [-0.2, -0.15) is 0 Å². The first-order valence-electron chi connectivity index (χ1n) is 6.62. The fourth-order valence-electron chi connectivity index (χ4n) is 2.13. The fourth-order valence-corrected chi connectivity index (χ4v) is 3.01. The lowest BCUT2D eigenvalue weighted by Gasteiger charge is -2.09. The second-order valence-electron chi connectivity index (χ2n) is 4.89. The molecule has 0 saturated carbocycles. The summed E-state index contributed by atoms with van der Waals surface area (Å²) in [4.78, 5) is 7.91. The average Bonchev–Trinajstić information content (AvgIpc) is 2.87. The molecule has 0 aliphatic carbocycles. The van der Waals surface area contributed by atoms with Crippen LogP contribution in [0.2, 0.25) is 0 Å².